The predicted molar refractivity (Wildman–Crippen MR) is 101 cm³/mol. The summed E-state index contributed by atoms with van der Waals surface area (Å²) in [5.41, 5.74) is 0.286. The van der Waals surface area contributed by atoms with E-state index < -0.39 is 10.0 Å². The molecule has 0 saturated carbocycles. The van der Waals surface area contributed by atoms with Crippen molar-refractivity contribution in [3.63, 3.8) is 0 Å². The van der Waals surface area contributed by atoms with Crippen LogP contribution >= 0.6 is 0 Å². The van der Waals surface area contributed by atoms with Crippen LogP contribution in [0.3, 0.4) is 0 Å². The summed E-state index contributed by atoms with van der Waals surface area (Å²) in [5, 5.41) is 0. The molecule has 28 heavy (non-hydrogen) atoms. The van der Waals surface area contributed by atoms with Gasteiger partial charge in [-0.25, -0.2) is 8.42 Å². The monoisotopic (exact) mass is 402 g/mol. The fourth-order valence-electron chi connectivity index (χ4n) is 4.15. The van der Waals surface area contributed by atoms with E-state index in [1.165, 1.54) is 28.6 Å². The Morgan fingerprint density at radius 3 is 2.00 bits per heavy atom. The molecule has 2 unspecified atom stereocenters. The highest BCUT2D eigenvalue weighted by Crippen LogP contribution is 2.35. The molecule has 4 rings (SSSR count). The molecule has 3 aliphatic rings. The van der Waals surface area contributed by atoms with Crippen LogP contribution in [-0.4, -0.2) is 54.9 Å². The van der Waals surface area contributed by atoms with Gasteiger partial charge in [0.1, 0.15) is 0 Å². The Morgan fingerprint density at radius 2 is 1.46 bits per heavy atom. The van der Waals surface area contributed by atoms with Gasteiger partial charge >= 0.3 is 0 Å². The zero-order chi connectivity index (χ0) is 19.9. The molecular formula is C20H22N2O5S. The summed E-state index contributed by atoms with van der Waals surface area (Å²) in [4.78, 5) is 38.8. The van der Waals surface area contributed by atoms with Crippen molar-refractivity contribution in [3.8, 4) is 0 Å². The van der Waals surface area contributed by atoms with E-state index in [4.69, 9.17) is 0 Å². The number of hydrogen-bond acceptors (Lipinski definition) is 5. The zero-order valence-electron chi connectivity index (χ0n) is 15.4. The number of rotatable bonds is 5. The average molecular weight is 402 g/mol. The van der Waals surface area contributed by atoms with Gasteiger partial charge in [-0.15, -0.1) is 0 Å². The van der Waals surface area contributed by atoms with Crippen molar-refractivity contribution in [2.75, 3.05) is 19.6 Å². The first kappa shape index (κ1) is 19.0. The van der Waals surface area contributed by atoms with Crippen LogP contribution in [0.1, 0.15) is 36.0 Å². The fourth-order valence-corrected chi connectivity index (χ4v) is 5.67. The van der Waals surface area contributed by atoms with Crippen molar-refractivity contribution in [1.29, 1.82) is 0 Å². The molecule has 1 aliphatic carbocycles. The Labute approximate surface area is 164 Å². The van der Waals surface area contributed by atoms with Crippen LogP contribution in [0.2, 0.25) is 0 Å². The van der Waals surface area contributed by atoms with Crippen molar-refractivity contribution in [1.82, 2.24) is 9.21 Å². The second-order valence-corrected chi connectivity index (χ2v) is 9.42. The molecule has 0 radical (unpaired) electrons. The Morgan fingerprint density at radius 1 is 0.929 bits per heavy atom. The lowest BCUT2D eigenvalue weighted by Crippen LogP contribution is -2.36. The summed E-state index contributed by atoms with van der Waals surface area (Å²) in [6.45, 7) is 0.724. The summed E-state index contributed by atoms with van der Waals surface area (Å²) in [6, 6.07) is 5.73. The minimum absolute atomic E-state index is 0.149. The maximum absolute atomic E-state index is 12.6. The lowest BCUT2D eigenvalue weighted by Gasteiger charge is -2.16. The fraction of sp³-hybridized carbons (Fsp3) is 0.450. The van der Waals surface area contributed by atoms with Crippen LogP contribution in [0.5, 0.6) is 0 Å². The van der Waals surface area contributed by atoms with Crippen LogP contribution in [0.15, 0.2) is 41.3 Å². The van der Waals surface area contributed by atoms with E-state index in [1.54, 1.807) is 0 Å². The Hall–Kier alpha value is -2.32. The molecule has 2 atom stereocenters. The lowest BCUT2D eigenvalue weighted by atomic mass is 9.85. The van der Waals surface area contributed by atoms with Crippen LogP contribution < -0.4 is 0 Å². The number of amides is 2. The van der Waals surface area contributed by atoms with Crippen molar-refractivity contribution >= 4 is 27.6 Å². The first-order valence-electron chi connectivity index (χ1n) is 9.53. The van der Waals surface area contributed by atoms with E-state index in [0.717, 1.165) is 17.7 Å². The van der Waals surface area contributed by atoms with Gasteiger partial charge in [0.2, 0.25) is 21.8 Å². The minimum atomic E-state index is -3.54. The first-order valence-corrected chi connectivity index (χ1v) is 11.0. The number of likely N-dealkylation sites (tertiary alicyclic amines) is 1. The summed E-state index contributed by atoms with van der Waals surface area (Å²) in [7, 11) is -3.54. The molecule has 0 N–H and O–H groups in total. The second-order valence-electron chi connectivity index (χ2n) is 7.48. The normalized spacial score (nSPS) is 25.4. The van der Waals surface area contributed by atoms with E-state index >= 15 is 0 Å². The van der Waals surface area contributed by atoms with Crippen LogP contribution in [-0.2, 0) is 19.6 Å². The zero-order valence-corrected chi connectivity index (χ0v) is 16.2. The molecule has 7 nitrogen and oxygen atoms in total. The highest BCUT2D eigenvalue weighted by molar-refractivity contribution is 7.89. The summed E-state index contributed by atoms with van der Waals surface area (Å²) in [5.74, 6) is -1.68. The predicted octanol–water partition coefficient (Wildman–Crippen LogP) is 1.60. The third-order valence-electron chi connectivity index (χ3n) is 5.78. The maximum atomic E-state index is 12.6. The lowest BCUT2D eigenvalue weighted by molar-refractivity contribution is -0.139. The Kier molecular flexibility index (Phi) is 4.93. The van der Waals surface area contributed by atoms with E-state index in [9.17, 15) is 22.8 Å². The smallest absolute Gasteiger partial charge is 0.243 e. The number of carbonyl (C=O) groups is 3. The number of nitrogens with zero attached hydrogens (tertiary/aromatic N) is 2. The van der Waals surface area contributed by atoms with Gasteiger partial charge in [-0.1, -0.05) is 12.2 Å². The molecule has 0 spiro atoms. The van der Waals surface area contributed by atoms with Gasteiger partial charge in [0, 0.05) is 18.7 Å². The van der Waals surface area contributed by atoms with Gasteiger partial charge in [0.15, 0.2) is 5.78 Å². The van der Waals surface area contributed by atoms with Gasteiger partial charge in [-0.3, -0.25) is 19.3 Å². The number of carbonyl (C=O) groups excluding carboxylic acids is 3. The number of imide groups is 1. The van der Waals surface area contributed by atoms with Crippen LogP contribution in [0, 0.1) is 11.8 Å². The standard InChI is InChI=1S/C20H22N2O5S/c23-18(13-22-19(24)16-5-1-2-6-17(16)20(22)25)14-7-9-15(10-8-14)28(26,27)21-11-3-4-12-21/h1-2,7-10,16-17H,3-6,11-13H2. The summed E-state index contributed by atoms with van der Waals surface area (Å²) in [6.07, 6.45) is 6.57. The number of hydrogen-bond donors (Lipinski definition) is 0. The van der Waals surface area contributed by atoms with Crippen molar-refractivity contribution in [2.24, 2.45) is 11.8 Å². The van der Waals surface area contributed by atoms with Crippen molar-refractivity contribution in [3.05, 3.63) is 42.0 Å². The molecule has 2 heterocycles. The Bertz CT molecular complexity index is 919. The number of fused-ring (bicyclic) bond motifs is 1. The largest absolute Gasteiger partial charge is 0.292 e. The number of benzene rings is 1. The molecule has 2 amide bonds. The van der Waals surface area contributed by atoms with Gasteiger partial charge in [-0.2, -0.15) is 4.31 Å². The highest BCUT2D eigenvalue weighted by atomic mass is 32.2. The van der Waals surface area contributed by atoms with Crippen molar-refractivity contribution in [2.45, 2.75) is 30.6 Å². The highest BCUT2D eigenvalue weighted by Gasteiger charge is 2.47. The van der Waals surface area contributed by atoms with E-state index in [0.29, 0.717) is 25.9 Å². The molecule has 2 saturated heterocycles. The molecule has 0 aromatic heterocycles. The van der Waals surface area contributed by atoms with E-state index in [2.05, 4.69) is 0 Å². The third kappa shape index (κ3) is 3.20. The maximum Gasteiger partial charge on any atom is 0.243 e. The van der Waals surface area contributed by atoms with Crippen LogP contribution in [0.25, 0.3) is 0 Å². The quantitative estimate of drug-likeness (QED) is 0.424. The average Bonchev–Trinajstić information content (AvgIpc) is 3.33. The second kappa shape index (κ2) is 7.25. The molecular weight excluding hydrogens is 380 g/mol. The Balaban J connectivity index is 1.47. The van der Waals surface area contributed by atoms with E-state index in [1.807, 2.05) is 12.2 Å². The number of allylic oxidation sites excluding steroid dienone is 2. The van der Waals surface area contributed by atoms with Gasteiger partial charge in [-0.05, 0) is 49.9 Å². The van der Waals surface area contributed by atoms with Gasteiger partial charge in [0.05, 0.1) is 23.3 Å². The number of ketones is 1. The topological polar surface area (TPSA) is 91.8 Å². The first-order chi connectivity index (χ1) is 13.4. The molecule has 148 valence electrons. The van der Waals surface area contributed by atoms with Gasteiger partial charge in [0.25, 0.3) is 0 Å². The van der Waals surface area contributed by atoms with Gasteiger partial charge < -0.3 is 0 Å². The third-order valence-corrected chi connectivity index (χ3v) is 7.69. The molecule has 8 heteroatoms. The SMILES string of the molecule is O=C(CN1C(=O)C2CC=CCC2C1=O)c1ccc(S(=O)(=O)N2CCCC2)cc1. The number of sulfonamides is 1. The van der Waals surface area contributed by atoms with Crippen molar-refractivity contribution < 1.29 is 22.8 Å². The summed E-state index contributed by atoms with van der Waals surface area (Å²) < 4.78 is 26.6. The molecule has 2 fully saturated rings. The minimum Gasteiger partial charge on any atom is -0.292 e. The number of Topliss-reactive ketones (excluding diaryl/α,β-unsaturated/α-hetero) is 1. The molecule has 1 aromatic carbocycles. The molecule has 0 bridgehead atoms. The van der Waals surface area contributed by atoms with Crippen LogP contribution in [0.4, 0.5) is 0 Å². The summed E-state index contributed by atoms with van der Waals surface area (Å²) >= 11 is 0. The molecule has 2 aliphatic heterocycles. The van der Waals surface area contributed by atoms with E-state index in [-0.39, 0.29) is 46.4 Å². The molecule has 1 aromatic rings.